The van der Waals surface area contributed by atoms with Crippen LogP contribution in [-0.2, 0) is 16.6 Å². The lowest BCUT2D eigenvalue weighted by atomic mass is 10.2. The standard InChI is InChI=1S/C18H26N4O5S2.HI/c1-19-18(20-7-8-22-29(23,24)16-6-5-9-28-16)21-12-13-10-14(25-2)17(27-4)15(11-13)26-3;/h5-6,9-11,22H,7-8,12H2,1-4H3,(H2,19,20,21);1H. The quantitative estimate of drug-likeness (QED) is 0.174. The van der Waals surface area contributed by atoms with E-state index in [0.717, 1.165) is 5.56 Å². The van der Waals surface area contributed by atoms with Crippen LogP contribution in [0.15, 0.2) is 38.8 Å². The lowest BCUT2D eigenvalue weighted by Gasteiger charge is -2.16. The molecule has 0 saturated carbocycles. The van der Waals surface area contributed by atoms with E-state index in [1.54, 1.807) is 45.9 Å². The van der Waals surface area contributed by atoms with Crippen LogP contribution in [-0.4, -0.2) is 55.8 Å². The first-order valence-corrected chi connectivity index (χ1v) is 11.1. The maximum atomic E-state index is 12.1. The summed E-state index contributed by atoms with van der Waals surface area (Å²) in [5.74, 6) is 2.19. The second-order valence-corrected chi connectivity index (χ2v) is 8.66. The Kier molecular flexibility index (Phi) is 11.2. The molecule has 0 fully saturated rings. The Morgan fingerprint density at radius 2 is 1.73 bits per heavy atom. The molecule has 0 bridgehead atoms. The van der Waals surface area contributed by atoms with Crippen molar-refractivity contribution in [2.24, 2.45) is 4.99 Å². The Morgan fingerprint density at radius 1 is 1.07 bits per heavy atom. The molecule has 0 radical (unpaired) electrons. The Balaban J connectivity index is 0.00000450. The van der Waals surface area contributed by atoms with Crippen LogP contribution in [0.2, 0.25) is 0 Å². The van der Waals surface area contributed by atoms with Crippen molar-refractivity contribution >= 4 is 51.3 Å². The third kappa shape index (κ3) is 7.18. The number of sulfonamides is 1. The lowest BCUT2D eigenvalue weighted by molar-refractivity contribution is 0.323. The minimum absolute atomic E-state index is 0. The predicted octanol–water partition coefficient (Wildman–Crippen LogP) is 2.04. The highest BCUT2D eigenvalue weighted by Crippen LogP contribution is 2.38. The van der Waals surface area contributed by atoms with E-state index >= 15 is 0 Å². The SMILES string of the molecule is CN=C(NCCNS(=O)(=O)c1cccs1)NCc1cc(OC)c(OC)c(OC)c1.I. The van der Waals surface area contributed by atoms with E-state index in [1.165, 1.54) is 11.3 Å². The molecule has 1 aromatic carbocycles. The molecule has 0 saturated heterocycles. The molecular weight excluding hydrogens is 543 g/mol. The molecule has 0 aliphatic heterocycles. The van der Waals surface area contributed by atoms with E-state index in [9.17, 15) is 8.42 Å². The van der Waals surface area contributed by atoms with Gasteiger partial charge in [0, 0.05) is 26.7 Å². The van der Waals surface area contributed by atoms with E-state index in [2.05, 4.69) is 20.3 Å². The van der Waals surface area contributed by atoms with Gasteiger partial charge in [0.25, 0.3) is 0 Å². The van der Waals surface area contributed by atoms with Crippen molar-refractivity contribution in [3.8, 4) is 17.2 Å². The van der Waals surface area contributed by atoms with Gasteiger partial charge in [0.15, 0.2) is 17.5 Å². The first-order valence-electron chi connectivity index (χ1n) is 8.71. The monoisotopic (exact) mass is 570 g/mol. The Hall–Kier alpha value is -1.77. The highest BCUT2D eigenvalue weighted by molar-refractivity contribution is 14.0. The summed E-state index contributed by atoms with van der Waals surface area (Å²) in [6.45, 7) is 1.06. The number of aliphatic imine (C=N–C) groups is 1. The molecule has 0 aliphatic carbocycles. The van der Waals surface area contributed by atoms with E-state index in [4.69, 9.17) is 14.2 Å². The second-order valence-electron chi connectivity index (χ2n) is 5.72. The van der Waals surface area contributed by atoms with Crippen LogP contribution < -0.4 is 29.6 Å². The zero-order valence-electron chi connectivity index (χ0n) is 17.2. The van der Waals surface area contributed by atoms with E-state index in [1.807, 2.05) is 12.1 Å². The van der Waals surface area contributed by atoms with Crippen molar-refractivity contribution in [3.63, 3.8) is 0 Å². The molecule has 1 aromatic heterocycles. The highest BCUT2D eigenvalue weighted by Gasteiger charge is 2.15. The maximum Gasteiger partial charge on any atom is 0.250 e. The number of methoxy groups -OCH3 is 3. The smallest absolute Gasteiger partial charge is 0.250 e. The van der Waals surface area contributed by atoms with Gasteiger partial charge >= 0.3 is 0 Å². The second kappa shape index (κ2) is 12.8. The van der Waals surface area contributed by atoms with E-state index < -0.39 is 10.0 Å². The van der Waals surface area contributed by atoms with Gasteiger partial charge in [0.05, 0.1) is 21.3 Å². The number of rotatable bonds is 10. The fourth-order valence-corrected chi connectivity index (χ4v) is 4.57. The molecule has 30 heavy (non-hydrogen) atoms. The van der Waals surface area contributed by atoms with Crippen LogP contribution in [0.1, 0.15) is 5.56 Å². The molecule has 0 amide bonds. The molecule has 2 rings (SSSR count). The summed E-state index contributed by atoms with van der Waals surface area (Å²) in [5, 5.41) is 7.95. The number of halogens is 1. The summed E-state index contributed by atoms with van der Waals surface area (Å²) in [4.78, 5) is 4.14. The zero-order chi connectivity index (χ0) is 21.3. The van der Waals surface area contributed by atoms with Gasteiger partial charge < -0.3 is 24.8 Å². The minimum Gasteiger partial charge on any atom is -0.493 e. The fourth-order valence-electron chi connectivity index (χ4n) is 2.50. The van der Waals surface area contributed by atoms with Crippen molar-refractivity contribution in [2.75, 3.05) is 41.5 Å². The number of thiophene rings is 1. The molecule has 0 unspecified atom stereocenters. The van der Waals surface area contributed by atoms with Gasteiger partial charge in [-0.3, -0.25) is 4.99 Å². The van der Waals surface area contributed by atoms with Gasteiger partial charge in [-0.25, -0.2) is 13.1 Å². The number of guanidine groups is 1. The van der Waals surface area contributed by atoms with Gasteiger partial charge in [-0.15, -0.1) is 35.3 Å². The normalized spacial score (nSPS) is 11.4. The number of hydrogen-bond acceptors (Lipinski definition) is 7. The predicted molar refractivity (Wildman–Crippen MR) is 129 cm³/mol. The maximum absolute atomic E-state index is 12.1. The van der Waals surface area contributed by atoms with Crippen molar-refractivity contribution in [2.45, 2.75) is 10.8 Å². The molecule has 1 heterocycles. The van der Waals surface area contributed by atoms with Crippen molar-refractivity contribution < 1.29 is 22.6 Å². The molecule has 168 valence electrons. The third-order valence-electron chi connectivity index (χ3n) is 3.88. The largest absolute Gasteiger partial charge is 0.493 e. The molecule has 0 aliphatic rings. The van der Waals surface area contributed by atoms with Gasteiger partial charge in [-0.1, -0.05) is 6.07 Å². The van der Waals surface area contributed by atoms with Crippen LogP contribution in [0.4, 0.5) is 0 Å². The van der Waals surface area contributed by atoms with Gasteiger partial charge in [-0.05, 0) is 29.1 Å². The topological polar surface area (TPSA) is 110 Å². The first-order chi connectivity index (χ1) is 13.9. The minimum atomic E-state index is -3.47. The summed E-state index contributed by atoms with van der Waals surface area (Å²) < 4.78 is 43.0. The van der Waals surface area contributed by atoms with Gasteiger partial charge in [-0.2, -0.15) is 0 Å². The Bertz CT molecular complexity index is 896. The number of nitrogens with zero attached hydrogens (tertiary/aromatic N) is 1. The summed E-state index contributed by atoms with van der Waals surface area (Å²) in [6, 6.07) is 6.96. The number of ether oxygens (including phenoxy) is 3. The van der Waals surface area contributed by atoms with E-state index in [0.29, 0.717) is 40.5 Å². The average molecular weight is 570 g/mol. The average Bonchev–Trinajstić information content (AvgIpc) is 3.28. The third-order valence-corrected chi connectivity index (χ3v) is 6.74. The van der Waals surface area contributed by atoms with E-state index in [-0.39, 0.29) is 30.5 Å². The fraction of sp³-hybridized carbons (Fsp3) is 0.389. The van der Waals surface area contributed by atoms with Crippen LogP contribution in [0.3, 0.4) is 0 Å². The summed E-state index contributed by atoms with van der Waals surface area (Å²) in [6.07, 6.45) is 0. The Morgan fingerprint density at radius 3 is 2.23 bits per heavy atom. The van der Waals surface area contributed by atoms with Crippen molar-refractivity contribution in [3.05, 3.63) is 35.2 Å². The molecule has 0 atom stereocenters. The molecule has 0 spiro atoms. The van der Waals surface area contributed by atoms with Crippen LogP contribution in [0.25, 0.3) is 0 Å². The molecule has 12 heteroatoms. The number of hydrogen-bond donors (Lipinski definition) is 3. The zero-order valence-corrected chi connectivity index (χ0v) is 21.2. The van der Waals surface area contributed by atoms with Crippen LogP contribution in [0, 0.1) is 0 Å². The first kappa shape index (κ1) is 26.3. The van der Waals surface area contributed by atoms with Crippen molar-refractivity contribution in [1.82, 2.24) is 15.4 Å². The number of benzene rings is 1. The van der Waals surface area contributed by atoms with Crippen LogP contribution >= 0.6 is 35.3 Å². The molecule has 2 aromatic rings. The summed E-state index contributed by atoms with van der Waals surface area (Å²) >= 11 is 1.18. The van der Waals surface area contributed by atoms with Crippen LogP contribution in [0.5, 0.6) is 17.2 Å². The lowest BCUT2D eigenvalue weighted by Crippen LogP contribution is -2.41. The summed E-state index contributed by atoms with van der Waals surface area (Å²) in [7, 11) is 2.84. The van der Waals surface area contributed by atoms with Gasteiger partial charge in [0.2, 0.25) is 15.8 Å². The Labute approximate surface area is 198 Å². The molecular formula is C18H27IN4O5S2. The summed E-state index contributed by atoms with van der Waals surface area (Å²) in [5.41, 5.74) is 0.904. The van der Waals surface area contributed by atoms with Crippen molar-refractivity contribution in [1.29, 1.82) is 0 Å². The molecule has 3 N–H and O–H groups in total. The highest BCUT2D eigenvalue weighted by atomic mass is 127. The van der Waals surface area contributed by atoms with Gasteiger partial charge in [0.1, 0.15) is 4.21 Å². The molecule has 9 nitrogen and oxygen atoms in total. The number of nitrogens with one attached hydrogen (secondary N) is 3.